The van der Waals surface area contributed by atoms with Crippen molar-refractivity contribution in [2.45, 2.75) is 45.3 Å². The Labute approximate surface area is 137 Å². The first-order valence-electron chi connectivity index (χ1n) is 7.85. The minimum atomic E-state index is -0.477. The van der Waals surface area contributed by atoms with Crippen LogP contribution in [0, 0.1) is 0 Å². The Hall–Kier alpha value is -2.24. The Balaban J connectivity index is 1.90. The molecule has 0 aliphatic carbocycles. The molecule has 2 rings (SSSR count). The number of rotatable bonds is 2. The van der Waals surface area contributed by atoms with Gasteiger partial charge in [-0.25, -0.2) is 4.79 Å². The normalized spacial score (nSPS) is 17.2. The zero-order valence-corrected chi connectivity index (χ0v) is 14.0. The first-order chi connectivity index (χ1) is 10.7. The van der Waals surface area contributed by atoms with Crippen molar-refractivity contribution in [2.24, 2.45) is 10.7 Å². The first-order valence-corrected chi connectivity index (χ1v) is 7.85. The van der Waals surface area contributed by atoms with Gasteiger partial charge in [0, 0.05) is 18.7 Å². The second-order valence-corrected chi connectivity index (χ2v) is 6.76. The lowest BCUT2D eigenvalue weighted by Gasteiger charge is -2.32. The fraction of sp³-hybridized carbons (Fsp3) is 0.529. The largest absolute Gasteiger partial charge is 0.508 e. The molecule has 0 aromatic heterocycles. The molecule has 1 aromatic carbocycles. The van der Waals surface area contributed by atoms with Crippen molar-refractivity contribution in [3.63, 3.8) is 0 Å². The van der Waals surface area contributed by atoms with Crippen LogP contribution in [0.3, 0.4) is 0 Å². The average Bonchev–Trinajstić information content (AvgIpc) is 2.46. The van der Waals surface area contributed by atoms with Crippen molar-refractivity contribution in [3.8, 4) is 5.75 Å². The van der Waals surface area contributed by atoms with Gasteiger partial charge in [-0.05, 0) is 57.9 Å². The Bertz CT molecular complexity index is 568. The number of benzene rings is 1. The number of nitrogens with zero attached hydrogens (tertiary/aromatic N) is 2. The Kier molecular flexibility index (Phi) is 5.13. The highest BCUT2D eigenvalue weighted by Gasteiger charge is 2.26. The van der Waals surface area contributed by atoms with Gasteiger partial charge in [0.15, 0.2) is 0 Å². The monoisotopic (exact) mass is 319 g/mol. The van der Waals surface area contributed by atoms with E-state index in [-0.39, 0.29) is 17.9 Å². The standard InChI is InChI=1S/C17H25N3O3/c1-17(2,3)23-16(22)20-10-8-13(9-11-20)19-15(18)12-4-6-14(21)7-5-12/h4-7,13,21H,8-11H2,1-3H3,(H2,18,19). The molecule has 0 atom stereocenters. The third-order valence-corrected chi connectivity index (χ3v) is 3.60. The summed E-state index contributed by atoms with van der Waals surface area (Å²) in [6.07, 6.45) is 1.25. The number of likely N-dealkylation sites (tertiary alicyclic amines) is 1. The van der Waals surface area contributed by atoms with Crippen LogP contribution in [0.25, 0.3) is 0 Å². The summed E-state index contributed by atoms with van der Waals surface area (Å²) in [5.41, 5.74) is 6.33. The average molecular weight is 319 g/mol. The van der Waals surface area contributed by atoms with E-state index in [9.17, 15) is 9.90 Å². The Morgan fingerprint density at radius 1 is 1.26 bits per heavy atom. The van der Waals surface area contributed by atoms with Crippen molar-refractivity contribution in [2.75, 3.05) is 13.1 Å². The lowest BCUT2D eigenvalue weighted by molar-refractivity contribution is 0.0207. The van der Waals surface area contributed by atoms with Gasteiger partial charge in [-0.1, -0.05) is 0 Å². The summed E-state index contributed by atoms with van der Waals surface area (Å²) in [5.74, 6) is 0.660. The molecule has 1 aliphatic heterocycles. The number of amidine groups is 1. The predicted molar refractivity (Wildman–Crippen MR) is 89.7 cm³/mol. The van der Waals surface area contributed by atoms with E-state index in [1.54, 1.807) is 29.2 Å². The van der Waals surface area contributed by atoms with Gasteiger partial charge in [-0.2, -0.15) is 0 Å². The van der Waals surface area contributed by atoms with Crippen LogP contribution in [0.1, 0.15) is 39.2 Å². The minimum absolute atomic E-state index is 0.0995. The summed E-state index contributed by atoms with van der Waals surface area (Å²) in [7, 11) is 0. The van der Waals surface area contributed by atoms with Gasteiger partial charge in [0.2, 0.25) is 0 Å². The molecule has 1 fully saturated rings. The summed E-state index contributed by atoms with van der Waals surface area (Å²) in [6, 6.07) is 6.75. The topological polar surface area (TPSA) is 88.2 Å². The molecular formula is C17H25N3O3. The number of aromatic hydroxyl groups is 1. The maximum Gasteiger partial charge on any atom is 0.410 e. The quantitative estimate of drug-likeness (QED) is 0.647. The molecule has 1 saturated heterocycles. The zero-order chi connectivity index (χ0) is 17.0. The van der Waals surface area contributed by atoms with Crippen LogP contribution in [0.15, 0.2) is 29.3 Å². The second-order valence-electron chi connectivity index (χ2n) is 6.76. The van der Waals surface area contributed by atoms with E-state index in [4.69, 9.17) is 10.5 Å². The number of hydrogen-bond donors (Lipinski definition) is 2. The van der Waals surface area contributed by atoms with Crippen LogP contribution in [0.4, 0.5) is 4.79 Å². The van der Waals surface area contributed by atoms with E-state index in [0.717, 1.165) is 18.4 Å². The lowest BCUT2D eigenvalue weighted by atomic mass is 10.1. The van der Waals surface area contributed by atoms with Gasteiger partial charge >= 0.3 is 6.09 Å². The van der Waals surface area contributed by atoms with Crippen molar-refractivity contribution in [3.05, 3.63) is 29.8 Å². The molecule has 1 amide bonds. The first kappa shape index (κ1) is 17.1. The molecule has 6 heteroatoms. The highest BCUT2D eigenvalue weighted by molar-refractivity contribution is 5.97. The van der Waals surface area contributed by atoms with E-state index in [0.29, 0.717) is 18.9 Å². The number of amides is 1. The van der Waals surface area contributed by atoms with Crippen molar-refractivity contribution in [1.29, 1.82) is 0 Å². The van der Waals surface area contributed by atoms with Crippen molar-refractivity contribution in [1.82, 2.24) is 4.90 Å². The molecule has 0 saturated carbocycles. The summed E-state index contributed by atoms with van der Waals surface area (Å²) in [4.78, 5) is 18.3. The lowest BCUT2D eigenvalue weighted by Crippen LogP contribution is -2.42. The number of piperidine rings is 1. The van der Waals surface area contributed by atoms with Gasteiger partial charge in [-0.3, -0.25) is 4.99 Å². The fourth-order valence-electron chi connectivity index (χ4n) is 2.41. The van der Waals surface area contributed by atoms with Crippen LogP contribution in [-0.2, 0) is 4.74 Å². The molecule has 0 unspecified atom stereocenters. The third-order valence-electron chi connectivity index (χ3n) is 3.60. The maximum atomic E-state index is 12.0. The SMILES string of the molecule is CC(C)(C)OC(=O)N1CCC(N=C(N)c2ccc(O)cc2)CC1. The van der Waals surface area contributed by atoms with E-state index in [1.165, 1.54) is 0 Å². The third kappa shape index (κ3) is 5.16. The van der Waals surface area contributed by atoms with Gasteiger partial charge < -0.3 is 20.5 Å². The molecule has 1 aromatic rings. The summed E-state index contributed by atoms with van der Waals surface area (Å²) in [6.45, 7) is 6.82. The fourth-order valence-corrected chi connectivity index (χ4v) is 2.41. The van der Waals surface area contributed by atoms with Crippen LogP contribution in [0.5, 0.6) is 5.75 Å². The van der Waals surface area contributed by atoms with Crippen LogP contribution < -0.4 is 5.73 Å². The van der Waals surface area contributed by atoms with E-state index in [1.807, 2.05) is 20.8 Å². The van der Waals surface area contributed by atoms with Crippen molar-refractivity contribution >= 4 is 11.9 Å². The van der Waals surface area contributed by atoms with E-state index >= 15 is 0 Å². The van der Waals surface area contributed by atoms with Crippen molar-refractivity contribution < 1.29 is 14.6 Å². The van der Waals surface area contributed by atoms with Crippen LogP contribution in [0.2, 0.25) is 0 Å². The molecule has 6 nitrogen and oxygen atoms in total. The predicted octanol–water partition coefficient (Wildman–Crippen LogP) is 2.50. The number of carbonyl (C=O) groups excluding carboxylic acids is 1. The van der Waals surface area contributed by atoms with Gasteiger partial charge in [0.1, 0.15) is 17.2 Å². The molecule has 23 heavy (non-hydrogen) atoms. The number of aliphatic imine (C=N–C) groups is 1. The zero-order valence-electron chi connectivity index (χ0n) is 14.0. The van der Waals surface area contributed by atoms with E-state index in [2.05, 4.69) is 4.99 Å². The molecule has 126 valence electrons. The molecule has 0 bridgehead atoms. The molecule has 0 radical (unpaired) electrons. The highest BCUT2D eigenvalue weighted by atomic mass is 16.6. The number of nitrogens with two attached hydrogens (primary N) is 1. The summed E-state index contributed by atoms with van der Waals surface area (Å²) < 4.78 is 5.38. The highest BCUT2D eigenvalue weighted by Crippen LogP contribution is 2.18. The number of phenolic OH excluding ortho intramolecular Hbond substituents is 1. The van der Waals surface area contributed by atoms with Gasteiger partial charge in [0.25, 0.3) is 0 Å². The molecule has 1 aliphatic rings. The number of hydrogen-bond acceptors (Lipinski definition) is 4. The Morgan fingerprint density at radius 2 is 1.83 bits per heavy atom. The number of phenols is 1. The van der Waals surface area contributed by atoms with Crippen LogP contribution >= 0.6 is 0 Å². The summed E-state index contributed by atoms with van der Waals surface area (Å²) in [5, 5.41) is 9.29. The second kappa shape index (κ2) is 6.89. The molecule has 3 N–H and O–H groups in total. The molecular weight excluding hydrogens is 294 g/mol. The van der Waals surface area contributed by atoms with E-state index < -0.39 is 5.60 Å². The molecule has 0 spiro atoms. The maximum absolute atomic E-state index is 12.0. The number of ether oxygens (including phenoxy) is 1. The smallest absolute Gasteiger partial charge is 0.410 e. The summed E-state index contributed by atoms with van der Waals surface area (Å²) >= 11 is 0. The molecule has 1 heterocycles. The van der Waals surface area contributed by atoms with Crippen LogP contribution in [-0.4, -0.2) is 46.7 Å². The minimum Gasteiger partial charge on any atom is -0.508 e. The number of carbonyl (C=O) groups is 1. The Morgan fingerprint density at radius 3 is 2.35 bits per heavy atom. The van der Waals surface area contributed by atoms with Gasteiger partial charge in [-0.15, -0.1) is 0 Å². The van der Waals surface area contributed by atoms with Gasteiger partial charge in [0.05, 0.1) is 6.04 Å².